The van der Waals surface area contributed by atoms with Gasteiger partial charge >= 0.3 is 6.03 Å². The van der Waals surface area contributed by atoms with Gasteiger partial charge in [-0.05, 0) is 61.1 Å². The van der Waals surface area contributed by atoms with Gasteiger partial charge in [-0.3, -0.25) is 14.5 Å². The summed E-state index contributed by atoms with van der Waals surface area (Å²) in [6.45, 7) is 6.70. The van der Waals surface area contributed by atoms with Crippen LogP contribution in [-0.2, 0) is 16.0 Å². The van der Waals surface area contributed by atoms with E-state index in [1.807, 2.05) is 6.07 Å². The Bertz CT molecular complexity index is 843. The van der Waals surface area contributed by atoms with Crippen LogP contribution in [0.3, 0.4) is 0 Å². The lowest BCUT2D eigenvalue weighted by Gasteiger charge is -2.40. The highest BCUT2D eigenvalue weighted by Gasteiger charge is 2.53. The van der Waals surface area contributed by atoms with Crippen LogP contribution in [-0.4, -0.2) is 41.4 Å². The van der Waals surface area contributed by atoms with E-state index in [4.69, 9.17) is 23.2 Å². The topological polar surface area (TPSA) is 78.5 Å². The summed E-state index contributed by atoms with van der Waals surface area (Å²) in [7, 11) is 0. The maximum Gasteiger partial charge on any atom is 0.325 e. The molecule has 1 aliphatic heterocycles. The molecule has 0 radical (unpaired) electrons. The molecule has 164 valence electrons. The molecule has 2 aliphatic rings. The van der Waals surface area contributed by atoms with Gasteiger partial charge in [-0.1, -0.05) is 50.0 Å². The molecule has 1 aliphatic carbocycles. The molecule has 30 heavy (non-hydrogen) atoms. The van der Waals surface area contributed by atoms with Crippen molar-refractivity contribution in [2.45, 2.75) is 58.4 Å². The van der Waals surface area contributed by atoms with Crippen molar-refractivity contribution >= 4 is 41.0 Å². The largest absolute Gasteiger partial charge is 0.354 e. The minimum absolute atomic E-state index is 0.180. The zero-order valence-corrected chi connectivity index (χ0v) is 19.2. The maximum atomic E-state index is 13.0. The molecule has 4 amide bonds. The average Bonchev–Trinajstić information content (AvgIpc) is 2.87. The van der Waals surface area contributed by atoms with E-state index in [0.29, 0.717) is 41.8 Å². The van der Waals surface area contributed by atoms with Crippen molar-refractivity contribution < 1.29 is 14.4 Å². The molecule has 8 heteroatoms. The molecular formula is C22H29Cl2N3O3. The van der Waals surface area contributed by atoms with Gasteiger partial charge in [0.25, 0.3) is 5.91 Å². The van der Waals surface area contributed by atoms with E-state index in [9.17, 15) is 14.4 Å². The van der Waals surface area contributed by atoms with Crippen LogP contribution in [0.25, 0.3) is 0 Å². The van der Waals surface area contributed by atoms with E-state index in [2.05, 4.69) is 31.4 Å². The third-order valence-electron chi connectivity index (χ3n) is 6.34. The number of nitrogens with one attached hydrogen (secondary N) is 2. The summed E-state index contributed by atoms with van der Waals surface area (Å²) in [5.41, 5.74) is 0.196. The second kappa shape index (κ2) is 8.75. The lowest BCUT2D eigenvalue weighted by Crippen LogP contribution is -2.51. The standard InChI is InChI=1S/C22H29Cl2N3O3/c1-21(2,3)15-6-9-22(10-7-15)19(29)27(20(30)26-22)13-18(28)25-11-8-14-4-5-16(23)12-17(14)24/h4-5,12,15H,6-11,13H2,1-3H3,(H,25,28)(H,26,30). The molecule has 0 atom stereocenters. The summed E-state index contributed by atoms with van der Waals surface area (Å²) in [6, 6.07) is 4.73. The van der Waals surface area contributed by atoms with Gasteiger partial charge in [-0.15, -0.1) is 0 Å². The normalized spacial score (nSPS) is 24.3. The van der Waals surface area contributed by atoms with Crippen LogP contribution in [0.4, 0.5) is 4.79 Å². The van der Waals surface area contributed by atoms with E-state index in [1.165, 1.54) is 0 Å². The fourth-order valence-electron chi connectivity index (χ4n) is 4.40. The molecule has 1 spiro atoms. The zero-order valence-electron chi connectivity index (χ0n) is 17.7. The molecule has 2 fully saturated rings. The fourth-order valence-corrected chi connectivity index (χ4v) is 4.90. The Labute approximate surface area is 187 Å². The van der Waals surface area contributed by atoms with Crippen molar-refractivity contribution in [2.75, 3.05) is 13.1 Å². The molecule has 6 nitrogen and oxygen atoms in total. The highest BCUT2D eigenvalue weighted by molar-refractivity contribution is 6.35. The van der Waals surface area contributed by atoms with Gasteiger partial charge in [0.05, 0.1) is 0 Å². The van der Waals surface area contributed by atoms with Crippen LogP contribution in [0.1, 0.15) is 52.0 Å². The third-order valence-corrected chi connectivity index (χ3v) is 6.93. The Balaban J connectivity index is 1.52. The van der Waals surface area contributed by atoms with E-state index >= 15 is 0 Å². The van der Waals surface area contributed by atoms with Gasteiger partial charge < -0.3 is 10.6 Å². The van der Waals surface area contributed by atoms with E-state index in [0.717, 1.165) is 23.3 Å². The van der Waals surface area contributed by atoms with Crippen LogP contribution >= 0.6 is 23.2 Å². The number of halogens is 2. The Morgan fingerprint density at radius 3 is 2.50 bits per heavy atom. The van der Waals surface area contributed by atoms with Gasteiger partial charge in [0.2, 0.25) is 5.91 Å². The monoisotopic (exact) mass is 453 g/mol. The summed E-state index contributed by atoms with van der Waals surface area (Å²) in [5, 5.41) is 6.72. The van der Waals surface area contributed by atoms with Crippen molar-refractivity contribution in [1.29, 1.82) is 0 Å². The summed E-state index contributed by atoms with van der Waals surface area (Å²) < 4.78 is 0. The lowest BCUT2D eigenvalue weighted by atomic mass is 9.67. The lowest BCUT2D eigenvalue weighted by molar-refractivity contribution is -0.136. The fraction of sp³-hybridized carbons (Fsp3) is 0.591. The van der Waals surface area contributed by atoms with Gasteiger partial charge in [-0.2, -0.15) is 0 Å². The molecule has 0 aromatic heterocycles. The van der Waals surface area contributed by atoms with Crippen LogP contribution in [0.2, 0.25) is 10.0 Å². The number of benzene rings is 1. The molecule has 1 saturated heterocycles. The maximum absolute atomic E-state index is 13.0. The molecule has 1 heterocycles. The molecule has 1 saturated carbocycles. The van der Waals surface area contributed by atoms with Crippen molar-refractivity contribution in [3.8, 4) is 0 Å². The Morgan fingerprint density at radius 2 is 1.90 bits per heavy atom. The smallest absolute Gasteiger partial charge is 0.325 e. The SMILES string of the molecule is CC(C)(C)C1CCC2(CC1)NC(=O)N(CC(=O)NCCc1ccc(Cl)cc1Cl)C2=O. The second-order valence-electron chi connectivity index (χ2n) is 9.38. The van der Waals surface area contributed by atoms with E-state index in [1.54, 1.807) is 12.1 Å². The van der Waals surface area contributed by atoms with E-state index < -0.39 is 11.6 Å². The summed E-state index contributed by atoms with van der Waals surface area (Å²) in [6.07, 6.45) is 3.54. The number of carbonyl (C=O) groups is 3. The number of nitrogens with zero attached hydrogens (tertiary/aromatic N) is 1. The summed E-state index contributed by atoms with van der Waals surface area (Å²) in [5.74, 6) is -0.135. The average molecular weight is 454 g/mol. The minimum Gasteiger partial charge on any atom is -0.354 e. The Morgan fingerprint density at radius 1 is 1.23 bits per heavy atom. The molecule has 0 unspecified atom stereocenters. The Kier molecular flexibility index (Phi) is 6.68. The molecule has 1 aromatic rings. The highest BCUT2D eigenvalue weighted by Crippen LogP contribution is 2.43. The van der Waals surface area contributed by atoms with Gasteiger partial charge in [-0.25, -0.2) is 4.79 Å². The number of imide groups is 1. The number of rotatable bonds is 5. The van der Waals surface area contributed by atoms with Gasteiger partial charge in [0.1, 0.15) is 12.1 Å². The first-order valence-corrected chi connectivity index (χ1v) is 11.1. The number of carbonyl (C=O) groups excluding carboxylic acids is 3. The van der Waals surface area contributed by atoms with Crippen molar-refractivity contribution in [3.63, 3.8) is 0 Å². The first-order valence-electron chi connectivity index (χ1n) is 10.4. The predicted molar refractivity (Wildman–Crippen MR) is 118 cm³/mol. The van der Waals surface area contributed by atoms with Crippen molar-refractivity contribution in [3.05, 3.63) is 33.8 Å². The third kappa shape index (κ3) is 4.92. The minimum atomic E-state index is -0.851. The molecule has 0 bridgehead atoms. The first kappa shape index (κ1) is 22.9. The van der Waals surface area contributed by atoms with Crippen LogP contribution in [0, 0.1) is 11.3 Å². The predicted octanol–water partition coefficient (Wildman–Crippen LogP) is 4.18. The number of amides is 4. The van der Waals surface area contributed by atoms with Crippen molar-refractivity contribution in [2.24, 2.45) is 11.3 Å². The number of hydrogen-bond acceptors (Lipinski definition) is 3. The molecule has 2 N–H and O–H groups in total. The van der Waals surface area contributed by atoms with Gasteiger partial charge in [0, 0.05) is 16.6 Å². The first-order chi connectivity index (χ1) is 14.0. The number of urea groups is 1. The van der Waals surface area contributed by atoms with Crippen LogP contribution < -0.4 is 10.6 Å². The quantitative estimate of drug-likeness (QED) is 0.656. The molecular weight excluding hydrogens is 425 g/mol. The summed E-state index contributed by atoms with van der Waals surface area (Å²) in [4.78, 5) is 38.8. The second-order valence-corrected chi connectivity index (χ2v) is 10.2. The summed E-state index contributed by atoms with van der Waals surface area (Å²) >= 11 is 12.0. The molecule has 1 aromatic carbocycles. The van der Waals surface area contributed by atoms with Crippen molar-refractivity contribution in [1.82, 2.24) is 15.5 Å². The van der Waals surface area contributed by atoms with Gasteiger partial charge in [0.15, 0.2) is 0 Å². The van der Waals surface area contributed by atoms with Crippen LogP contribution in [0.15, 0.2) is 18.2 Å². The van der Waals surface area contributed by atoms with E-state index in [-0.39, 0.29) is 23.8 Å². The van der Waals surface area contributed by atoms with Crippen LogP contribution in [0.5, 0.6) is 0 Å². The number of hydrogen-bond donors (Lipinski definition) is 2. The zero-order chi connectivity index (χ0) is 22.1. The Hall–Kier alpha value is -1.79. The highest BCUT2D eigenvalue weighted by atomic mass is 35.5. The molecule has 3 rings (SSSR count).